The van der Waals surface area contributed by atoms with E-state index in [0.29, 0.717) is 5.75 Å². The lowest BCUT2D eigenvalue weighted by molar-refractivity contribution is -0.205. The van der Waals surface area contributed by atoms with Gasteiger partial charge in [-0.05, 0) is 5.56 Å². The quantitative estimate of drug-likeness (QED) is 0.622. The van der Waals surface area contributed by atoms with Crippen LogP contribution in [0.25, 0.3) is 6.08 Å². The van der Waals surface area contributed by atoms with Crippen LogP contribution in [0.1, 0.15) is 5.56 Å². The molecule has 1 aliphatic rings. The summed E-state index contributed by atoms with van der Waals surface area (Å²) in [5.41, 5.74) is 0.396. The minimum Gasteiger partial charge on any atom is -0.394 e. The molecule has 5 nitrogen and oxygen atoms in total. The third kappa shape index (κ3) is 4.29. The van der Waals surface area contributed by atoms with Crippen LogP contribution in [-0.4, -0.2) is 62.6 Å². The van der Waals surface area contributed by atoms with Crippen molar-refractivity contribution < 1.29 is 25.2 Å². The van der Waals surface area contributed by atoms with Crippen molar-refractivity contribution in [3.8, 4) is 0 Å². The maximum atomic E-state index is 9.88. The number of hydrogen-bond acceptors (Lipinski definition) is 6. The number of benzene rings is 1. The van der Waals surface area contributed by atoms with Crippen LogP contribution in [0, 0.1) is 0 Å². The van der Waals surface area contributed by atoms with E-state index in [-0.39, 0.29) is 0 Å². The predicted molar refractivity (Wildman–Crippen MR) is 81.7 cm³/mol. The van der Waals surface area contributed by atoms with Crippen molar-refractivity contribution in [3.63, 3.8) is 0 Å². The first-order valence-electron chi connectivity index (χ1n) is 6.77. The first-order valence-corrected chi connectivity index (χ1v) is 7.82. The Morgan fingerprint density at radius 2 is 1.76 bits per heavy atom. The Labute approximate surface area is 127 Å². The van der Waals surface area contributed by atoms with E-state index in [2.05, 4.69) is 0 Å². The minimum absolute atomic E-state index is 0.401. The lowest BCUT2D eigenvalue weighted by Gasteiger charge is -2.39. The normalized spacial score (nSPS) is 33.4. The average Bonchev–Trinajstić information content (AvgIpc) is 2.52. The van der Waals surface area contributed by atoms with E-state index >= 15 is 0 Å². The van der Waals surface area contributed by atoms with Crippen molar-refractivity contribution in [2.24, 2.45) is 0 Å². The second-order valence-electron chi connectivity index (χ2n) is 4.84. The molecule has 2 rings (SSSR count). The molecule has 5 atom stereocenters. The molecule has 1 aromatic carbocycles. The zero-order valence-corrected chi connectivity index (χ0v) is 12.3. The van der Waals surface area contributed by atoms with Gasteiger partial charge in [0.25, 0.3) is 0 Å². The van der Waals surface area contributed by atoms with Gasteiger partial charge >= 0.3 is 0 Å². The van der Waals surface area contributed by atoms with Crippen molar-refractivity contribution in [3.05, 3.63) is 42.0 Å². The van der Waals surface area contributed by atoms with E-state index in [1.54, 1.807) is 0 Å². The van der Waals surface area contributed by atoms with Crippen molar-refractivity contribution >= 4 is 17.8 Å². The largest absolute Gasteiger partial charge is 0.394 e. The molecule has 0 amide bonds. The summed E-state index contributed by atoms with van der Waals surface area (Å²) < 4.78 is 5.40. The standard InChI is InChI=1S/C15H20O5S/c16-9-11-12(17)13(18)14(19)15(20-11)21-8-4-7-10-5-2-1-3-6-10/h1-7,11-19H,8-9H2/b7-4+. The highest BCUT2D eigenvalue weighted by atomic mass is 32.2. The lowest BCUT2D eigenvalue weighted by atomic mass is 10.0. The molecule has 1 fully saturated rings. The molecule has 4 N–H and O–H groups in total. The fraction of sp³-hybridized carbons (Fsp3) is 0.467. The van der Waals surface area contributed by atoms with Crippen molar-refractivity contribution in [1.82, 2.24) is 0 Å². The predicted octanol–water partition coefficient (Wildman–Crippen LogP) is 0.233. The smallest absolute Gasteiger partial charge is 0.132 e. The second kappa shape index (κ2) is 7.93. The van der Waals surface area contributed by atoms with E-state index in [9.17, 15) is 15.3 Å². The highest BCUT2D eigenvalue weighted by Crippen LogP contribution is 2.28. The zero-order chi connectivity index (χ0) is 15.2. The van der Waals surface area contributed by atoms with E-state index in [4.69, 9.17) is 9.84 Å². The fourth-order valence-corrected chi connectivity index (χ4v) is 3.08. The molecule has 0 radical (unpaired) electrons. The van der Waals surface area contributed by atoms with Gasteiger partial charge in [0, 0.05) is 5.75 Å². The Morgan fingerprint density at radius 3 is 2.43 bits per heavy atom. The molecule has 1 saturated heterocycles. The molecule has 0 spiro atoms. The maximum Gasteiger partial charge on any atom is 0.132 e. The second-order valence-corrected chi connectivity index (χ2v) is 5.97. The van der Waals surface area contributed by atoms with Gasteiger partial charge < -0.3 is 25.2 Å². The molecule has 21 heavy (non-hydrogen) atoms. The van der Waals surface area contributed by atoms with Crippen LogP contribution in [0.2, 0.25) is 0 Å². The average molecular weight is 312 g/mol. The Hall–Kier alpha value is -0.890. The topological polar surface area (TPSA) is 90.2 Å². The molecule has 1 aromatic rings. The van der Waals surface area contributed by atoms with Crippen LogP contribution in [-0.2, 0) is 4.74 Å². The number of ether oxygens (including phenoxy) is 1. The van der Waals surface area contributed by atoms with Gasteiger partial charge in [-0.3, -0.25) is 0 Å². The van der Waals surface area contributed by atoms with Gasteiger partial charge in [0.2, 0.25) is 0 Å². The molecule has 1 heterocycles. The SMILES string of the molecule is OCC1OC(SC/C=C/c2ccccc2)C(O)C(O)C1O. The van der Waals surface area contributed by atoms with E-state index in [1.807, 2.05) is 42.5 Å². The van der Waals surface area contributed by atoms with Gasteiger partial charge in [-0.15, -0.1) is 11.8 Å². The third-order valence-corrected chi connectivity index (χ3v) is 4.42. The summed E-state index contributed by atoms with van der Waals surface area (Å²) in [5.74, 6) is 0.581. The molecule has 6 heteroatoms. The molecule has 5 unspecified atom stereocenters. The van der Waals surface area contributed by atoms with E-state index in [0.717, 1.165) is 5.56 Å². The van der Waals surface area contributed by atoms with Gasteiger partial charge in [-0.1, -0.05) is 42.5 Å². The summed E-state index contributed by atoms with van der Waals surface area (Å²) >= 11 is 1.31. The monoisotopic (exact) mass is 312 g/mol. The van der Waals surface area contributed by atoms with Crippen LogP contribution in [0.3, 0.4) is 0 Å². The highest BCUT2D eigenvalue weighted by molar-refractivity contribution is 7.99. The summed E-state index contributed by atoms with van der Waals surface area (Å²) in [6, 6.07) is 9.80. The van der Waals surface area contributed by atoms with Gasteiger partial charge in [0.1, 0.15) is 29.9 Å². The minimum atomic E-state index is -1.31. The van der Waals surface area contributed by atoms with Gasteiger partial charge in [0.15, 0.2) is 0 Å². The number of rotatable bonds is 5. The van der Waals surface area contributed by atoms with E-state index in [1.165, 1.54) is 11.8 Å². The summed E-state index contributed by atoms with van der Waals surface area (Å²) in [6.45, 7) is -0.401. The van der Waals surface area contributed by atoms with Crippen LogP contribution in [0.4, 0.5) is 0 Å². The number of aliphatic hydroxyl groups excluding tert-OH is 4. The highest BCUT2D eigenvalue weighted by Gasteiger charge is 2.43. The molecule has 1 aliphatic heterocycles. The van der Waals surface area contributed by atoms with Crippen LogP contribution >= 0.6 is 11.8 Å². The Morgan fingerprint density at radius 1 is 1.05 bits per heavy atom. The van der Waals surface area contributed by atoms with Crippen molar-refractivity contribution in [2.75, 3.05) is 12.4 Å². The fourth-order valence-electron chi connectivity index (χ4n) is 2.10. The summed E-state index contributed by atoms with van der Waals surface area (Å²) in [6.07, 6.45) is -0.761. The molecular weight excluding hydrogens is 292 g/mol. The Balaban J connectivity index is 1.86. The maximum absolute atomic E-state index is 9.88. The van der Waals surface area contributed by atoms with Crippen molar-refractivity contribution in [2.45, 2.75) is 29.9 Å². The van der Waals surface area contributed by atoms with Gasteiger partial charge in [-0.2, -0.15) is 0 Å². The number of aliphatic hydroxyl groups is 4. The van der Waals surface area contributed by atoms with Crippen LogP contribution < -0.4 is 0 Å². The summed E-state index contributed by atoms with van der Waals surface area (Å²) in [5, 5.41) is 38.3. The first kappa shape index (κ1) is 16.5. The van der Waals surface area contributed by atoms with Crippen LogP contribution in [0.5, 0.6) is 0 Å². The molecular formula is C15H20O5S. The Bertz CT molecular complexity index is 451. The zero-order valence-electron chi connectivity index (χ0n) is 11.4. The molecule has 0 saturated carbocycles. The number of hydrogen-bond donors (Lipinski definition) is 4. The summed E-state index contributed by atoms with van der Waals surface area (Å²) in [4.78, 5) is 0. The summed E-state index contributed by atoms with van der Waals surface area (Å²) in [7, 11) is 0. The molecule has 0 aromatic heterocycles. The third-order valence-electron chi connectivity index (χ3n) is 3.32. The van der Waals surface area contributed by atoms with Gasteiger partial charge in [-0.25, -0.2) is 0 Å². The number of thioether (sulfide) groups is 1. The molecule has 116 valence electrons. The van der Waals surface area contributed by atoms with E-state index < -0.39 is 36.5 Å². The first-order chi connectivity index (χ1) is 10.1. The lowest BCUT2D eigenvalue weighted by Crippen LogP contribution is -2.57. The molecule has 0 bridgehead atoms. The van der Waals surface area contributed by atoms with Crippen LogP contribution in [0.15, 0.2) is 36.4 Å². The van der Waals surface area contributed by atoms with Gasteiger partial charge in [0.05, 0.1) is 6.61 Å². The molecule has 0 aliphatic carbocycles. The Kier molecular flexibility index (Phi) is 6.22. The van der Waals surface area contributed by atoms with Crippen molar-refractivity contribution in [1.29, 1.82) is 0 Å².